The number of rotatable bonds is 3. The van der Waals surface area contributed by atoms with Gasteiger partial charge in [0.1, 0.15) is 5.75 Å². The number of nitrogens with two attached hydrogens (primary N) is 1. The van der Waals surface area contributed by atoms with Crippen LogP contribution < -0.4 is 15.4 Å². The van der Waals surface area contributed by atoms with Crippen LogP contribution in [-0.2, 0) is 7.05 Å². The van der Waals surface area contributed by atoms with Gasteiger partial charge in [-0.1, -0.05) is 35.1 Å². The first-order chi connectivity index (χ1) is 11.1. The highest BCUT2D eigenvalue weighted by molar-refractivity contribution is 7.13. The molecule has 23 heavy (non-hydrogen) atoms. The molecule has 1 aromatic heterocycles. The summed E-state index contributed by atoms with van der Waals surface area (Å²) in [6.07, 6.45) is 0. The predicted molar refractivity (Wildman–Crippen MR) is 95.5 cm³/mol. The summed E-state index contributed by atoms with van der Waals surface area (Å²) in [5.74, 6) is 6.35. The maximum absolute atomic E-state index is 6.00. The molecule has 0 aliphatic heterocycles. The van der Waals surface area contributed by atoms with Gasteiger partial charge in [0.2, 0.25) is 4.80 Å². The lowest BCUT2D eigenvalue weighted by molar-refractivity contribution is 0.415. The fraction of sp³-hybridized carbons (Fsp3) is 0.118. The van der Waals surface area contributed by atoms with E-state index in [2.05, 4.69) is 5.10 Å². The minimum atomic E-state index is 0.712. The van der Waals surface area contributed by atoms with Crippen LogP contribution in [0.25, 0.3) is 21.7 Å². The molecule has 4 nitrogen and oxygen atoms in total. The van der Waals surface area contributed by atoms with E-state index in [0.29, 0.717) is 5.02 Å². The van der Waals surface area contributed by atoms with E-state index in [4.69, 9.17) is 22.2 Å². The SMILES string of the molecule is COc1ccc(-c2c(-c3ccc(Cl)cc3)s/c(=N\N)n2C)cc1. The first kappa shape index (κ1) is 15.6. The van der Waals surface area contributed by atoms with Gasteiger partial charge in [-0.05, 0) is 47.5 Å². The van der Waals surface area contributed by atoms with E-state index in [1.54, 1.807) is 18.4 Å². The van der Waals surface area contributed by atoms with Gasteiger partial charge in [-0.2, -0.15) is 5.10 Å². The summed E-state index contributed by atoms with van der Waals surface area (Å²) in [7, 11) is 3.62. The largest absolute Gasteiger partial charge is 0.497 e. The van der Waals surface area contributed by atoms with E-state index in [1.807, 2.05) is 60.1 Å². The highest BCUT2D eigenvalue weighted by Crippen LogP contribution is 2.35. The maximum Gasteiger partial charge on any atom is 0.208 e. The molecule has 0 radical (unpaired) electrons. The zero-order chi connectivity index (χ0) is 16.4. The van der Waals surface area contributed by atoms with Crippen LogP contribution in [0.1, 0.15) is 0 Å². The summed E-state index contributed by atoms with van der Waals surface area (Å²) in [6.45, 7) is 0. The molecule has 118 valence electrons. The number of hydrogen-bond acceptors (Lipinski definition) is 4. The highest BCUT2D eigenvalue weighted by atomic mass is 35.5. The zero-order valence-corrected chi connectivity index (χ0v) is 14.4. The molecule has 0 aliphatic carbocycles. The van der Waals surface area contributed by atoms with Crippen molar-refractivity contribution in [1.82, 2.24) is 4.57 Å². The van der Waals surface area contributed by atoms with Crippen molar-refractivity contribution >= 4 is 22.9 Å². The van der Waals surface area contributed by atoms with E-state index < -0.39 is 0 Å². The fourth-order valence-corrected chi connectivity index (χ4v) is 3.63. The van der Waals surface area contributed by atoms with Crippen LogP contribution in [0.5, 0.6) is 5.75 Å². The lowest BCUT2D eigenvalue weighted by atomic mass is 10.1. The van der Waals surface area contributed by atoms with Gasteiger partial charge in [0.05, 0.1) is 17.7 Å². The summed E-state index contributed by atoms with van der Waals surface area (Å²) >= 11 is 7.55. The Hall–Kier alpha value is -2.24. The van der Waals surface area contributed by atoms with Crippen LogP contribution in [-0.4, -0.2) is 11.7 Å². The van der Waals surface area contributed by atoms with Gasteiger partial charge in [0.25, 0.3) is 0 Å². The molecule has 2 N–H and O–H groups in total. The van der Waals surface area contributed by atoms with Gasteiger partial charge in [0.15, 0.2) is 0 Å². The molecule has 0 unspecified atom stereocenters. The first-order valence-corrected chi connectivity index (χ1v) is 8.17. The molecule has 0 amide bonds. The summed E-state index contributed by atoms with van der Waals surface area (Å²) in [6, 6.07) is 15.7. The van der Waals surface area contributed by atoms with E-state index >= 15 is 0 Å². The average molecular weight is 346 g/mol. The van der Waals surface area contributed by atoms with Crippen LogP contribution in [0.2, 0.25) is 5.02 Å². The number of aromatic nitrogens is 1. The Bertz CT molecular complexity index is 880. The molecule has 3 rings (SSSR count). The summed E-state index contributed by atoms with van der Waals surface area (Å²) in [4.78, 5) is 1.85. The number of methoxy groups -OCH3 is 1. The second-order valence-electron chi connectivity index (χ2n) is 4.99. The Morgan fingerprint density at radius 3 is 2.22 bits per heavy atom. The number of halogens is 1. The molecule has 0 atom stereocenters. The molecule has 0 fully saturated rings. The Morgan fingerprint density at radius 2 is 1.65 bits per heavy atom. The fourth-order valence-electron chi connectivity index (χ4n) is 2.44. The molecule has 0 spiro atoms. The molecule has 1 heterocycles. The topological polar surface area (TPSA) is 52.5 Å². The minimum Gasteiger partial charge on any atom is -0.497 e. The van der Waals surface area contributed by atoms with Crippen molar-refractivity contribution in [1.29, 1.82) is 0 Å². The standard InChI is InChI=1S/C17H16ClN3OS/c1-21-15(11-5-9-14(22-2)10-6-11)16(23-17(21)20-19)12-3-7-13(18)8-4-12/h3-10H,19H2,1-2H3/b20-17-. The molecule has 0 saturated carbocycles. The first-order valence-electron chi connectivity index (χ1n) is 6.98. The average Bonchev–Trinajstić information content (AvgIpc) is 2.92. The maximum atomic E-state index is 6.00. The van der Waals surface area contributed by atoms with Crippen molar-refractivity contribution in [3.05, 3.63) is 58.4 Å². The molecule has 2 aromatic carbocycles. The quantitative estimate of drug-likeness (QED) is 0.579. The zero-order valence-electron chi connectivity index (χ0n) is 12.8. The molecule has 0 saturated heterocycles. The molecule has 6 heteroatoms. The van der Waals surface area contributed by atoms with Gasteiger partial charge < -0.3 is 15.1 Å². The lowest BCUT2D eigenvalue weighted by Gasteiger charge is -2.08. The second kappa shape index (κ2) is 6.48. The monoisotopic (exact) mass is 345 g/mol. The Balaban J connectivity index is 2.21. The smallest absolute Gasteiger partial charge is 0.208 e. The lowest BCUT2D eigenvalue weighted by Crippen LogP contribution is -2.13. The summed E-state index contributed by atoms with van der Waals surface area (Å²) in [5.41, 5.74) is 3.21. The van der Waals surface area contributed by atoms with E-state index in [9.17, 15) is 0 Å². The van der Waals surface area contributed by atoms with Crippen molar-refractivity contribution in [3.8, 4) is 27.4 Å². The van der Waals surface area contributed by atoms with Gasteiger partial charge in [-0.15, -0.1) is 0 Å². The number of nitrogens with zero attached hydrogens (tertiary/aromatic N) is 2. The predicted octanol–water partition coefficient (Wildman–Crippen LogP) is 3.86. The van der Waals surface area contributed by atoms with E-state index in [1.165, 1.54) is 0 Å². The van der Waals surface area contributed by atoms with Gasteiger partial charge >= 0.3 is 0 Å². The highest BCUT2D eigenvalue weighted by Gasteiger charge is 2.15. The van der Waals surface area contributed by atoms with Gasteiger partial charge in [-0.25, -0.2) is 0 Å². The van der Waals surface area contributed by atoms with Crippen LogP contribution in [0, 0.1) is 0 Å². The van der Waals surface area contributed by atoms with E-state index in [-0.39, 0.29) is 0 Å². The minimum absolute atomic E-state index is 0.712. The summed E-state index contributed by atoms with van der Waals surface area (Å²) < 4.78 is 7.23. The number of ether oxygens (including phenoxy) is 1. The molecule has 0 aliphatic rings. The van der Waals surface area contributed by atoms with Crippen molar-refractivity contribution < 1.29 is 4.74 Å². The Kier molecular flexibility index (Phi) is 4.41. The van der Waals surface area contributed by atoms with E-state index in [0.717, 1.165) is 32.2 Å². The molecule has 0 bridgehead atoms. The normalized spacial score (nSPS) is 11.7. The van der Waals surface area contributed by atoms with Gasteiger partial charge in [0, 0.05) is 12.1 Å². The van der Waals surface area contributed by atoms with Crippen molar-refractivity contribution in [3.63, 3.8) is 0 Å². The third kappa shape index (κ3) is 2.98. The Morgan fingerprint density at radius 1 is 1.04 bits per heavy atom. The van der Waals surface area contributed by atoms with Crippen molar-refractivity contribution in [2.75, 3.05) is 7.11 Å². The molecular weight excluding hydrogens is 330 g/mol. The molecule has 3 aromatic rings. The van der Waals surface area contributed by atoms with Crippen LogP contribution >= 0.6 is 22.9 Å². The van der Waals surface area contributed by atoms with Crippen LogP contribution in [0.15, 0.2) is 53.6 Å². The third-order valence-electron chi connectivity index (χ3n) is 3.61. The number of benzene rings is 2. The summed E-state index contributed by atoms with van der Waals surface area (Å²) in [5, 5.41) is 4.60. The van der Waals surface area contributed by atoms with Crippen LogP contribution in [0.4, 0.5) is 0 Å². The van der Waals surface area contributed by atoms with Crippen molar-refractivity contribution in [2.45, 2.75) is 0 Å². The number of thiazole rings is 1. The van der Waals surface area contributed by atoms with Crippen LogP contribution in [0.3, 0.4) is 0 Å². The third-order valence-corrected chi connectivity index (χ3v) is 5.06. The second-order valence-corrected chi connectivity index (χ2v) is 6.40. The van der Waals surface area contributed by atoms with Crippen molar-refractivity contribution in [2.24, 2.45) is 18.0 Å². The number of hydrogen-bond donors (Lipinski definition) is 1. The Labute approximate surface area is 143 Å². The molecular formula is C17H16ClN3OS. The van der Waals surface area contributed by atoms with Gasteiger partial charge in [-0.3, -0.25) is 0 Å².